The minimum absolute atomic E-state index is 0.0193. The molecule has 0 spiro atoms. The average molecular weight is 442 g/mol. The standard InChI is InChI=1S/C29H31NO3/c1-19-10-11-20(2)22(16-19)18-30-25-9-7-6-8-24(25)29(33,27(30)32)17-26(31)21-12-14-23(15-13-21)28(3,4)5/h6-16,33H,17-18H2,1-5H3. The first kappa shape index (κ1) is 22.9. The topological polar surface area (TPSA) is 57.6 Å². The molecule has 3 aromatic carbocycles. The fourth-order valence-electron chi connectivity index (χ4n) is 4.47. The van der Waals surface area contributed by atoms with E-state index in [9.17, 15) is 14.7 Å². The van der Waals surface area contributed by atoms with E-state index in [1.807, 2.05) is 50.2 Å². The second-order valence-corrected chi connectivity index (χ2v) is 10.1. The van der Waals surface area contributed by atoms with Crippen LogP contribution in [0, 0.1) is 13.8 Å². The van der Waals surface area contributed by atoms with Crippen molar-refractivity contribution in [2.75, 3.05) is 4.90 Å². The van der Waals surface area contributed by atoms with Crippen LogP contribution in [-0.4, -0.2) is 16.8 Å². The van der Waals surface area contributed by atoms with Crippen molar-refractivity contribution in [3.05, 3.63) is 100 Å². The molecule has 33 heavy (non-hydrogen) atoms. The Hall–Kier alpha value is -3.24. The Labute approximate surface area is 195 Å². The third kappa shape index (κ3) is 4.23. The zero-order chi connectivity index (χ0) is 24.0. The maximum absolute atomic E-state index is 13.6. The van der Waals surface area contributed by atoms with Gasteiger partial charge in [0, 0.05) is 11.1 Å². The summed E-state index contributed by atoms with van der Waals surface area (Å²) in [6.45, 7) is 10.7. The summed E-state index contributed by atoms with van der Waals surface area (Å²) >= 11 is 0. The third-order valence-electron chi connectivity index (χ3n) is 6.56. The van der Waals surface area contributed by atoms with Crippen LogP contribution in [0.1, 0.15) is 65.4 Å². The van der Waals surface area contributed by atoms with Crippen LogP contribution in [0.3, 0.4) is 0 Å². The summed E-state index contributed by atoms with van der Waals surface area (Å²) in [5, 5.41) is 11.6. The molecule has 4 nitrogen and oxygen atoms in total. The smallest absolute Gasteiger partial charge is 0.264 e. The second-order valence-electron chi connectivity index (χ2n) is 10.1. The molecule has 0 fully saturated rings. The number of carbonyl (C=O) groups is 2. The lowest BCUT2D eigenvalue weighted by Crippen LogP contribution is -2.41. The molecule has 0 saturated carbocycles. The largest absolute Gasteiger partial charge is 0.375 e. The highest BCUT2D eigenvalue weighted by atomic mass is 16.3. The number of amides is 1. The van der Waals surface area contributed by atoms with Crippen molar-refractivity contribution in [2.45, 2.75) is 58.6 Å². The number of rotatable bonds is 5. The molecular formula is C29H31NO3. The number of nitrogens with zero attached hydrogens (tertiary/aromatic N) is 1. The Kier molecular flexibility index (Phi) is 5.75. The van der Waals surface area contributed by atoms with Gasteiger partial charge in [0.2, 0.25) is 0 Å². The summed E-state index contributed by atoms with van der Waals surface area (Å²) in [6, 6.07) is 20.8. The predicted octanol–water partition coefficient (Wildman–Crippen LogP) is 5.61. The van der Waals surface area contributed by atoms with Crippen LogP contribution >= 0.6 is 0 Å². The van der Waals surface area contributed by atoms with E-state index >= 15 is 0 Å². The van der Waals surface area contributed by atoms with Gasteiger partial charge in [0.15, 0.2) is 11.4 Å². The van der Waals surface area contributed by atoms with Crippen molar-refractivity contribution >= 4 is 17.4 Å². The number of anilines is 1. The Morgan fingerprint density at radius 2 is 1.64 bits per heavy atom. The molecule has 1 aliphatic heterocycles. The average Bonchev–Trinajstić information content (AvgIpc) is 2.97. The monoisotopic (exact) mass is 441 g/mol. The molecule has 0 bridgehead atoms. The number of para-hydroxylation sites is 1. The number of hydrogen-bond acceptors (Lipinski definition) is 3. The van der Waals surface area contributed by atoms with E-state index in [-0.39, 0.29) is 17.6 Å². The number of aliphatic hydroxyl groups is 1. The van der Waals surface area contributed by atoms with E-state index in [1.54, 1.807) is 29.2 Å². The highest BCUT2D eigenvalue weighted by Crippen LogP contribution is 2.43. The summed E-state index contributed by atoms with van der Waals surface area (Å²) in [4.78, 5) is 28.3. The normalized spacial score (nSPS) is 17.9. The number of fused-ring (bicyclic) bond motifs is 1. The fourth-order valence-corrected chi connectivity index (χ4v) is 4.47. The van der Waals surface area contributed by atoms with Crippen molar-refractivity contribution in [1.29, 1.82) is 0 Å². The van der Waals surface area contributed by atoms with E-state index in [2.05, 4.69) is 26.8 Å². The summed E-state index contributed by atoms with van der Waals surface area (Å²) in [5.41, 5.74) is 4.07. The molecule has 1 aliphatic rings. The van der Waals surface area contributed by atoms with E-state index < -0.39 is 11.5 Å². The Morgan fingerprint density at radius 1 is 0.970 bits per heavy atom. The second kappa shape index (κ2) is 8.27. The van der Waals surface area contributed by atoms with Gasteiger partial charge in [-0.2, -0.15) is 0 Å². The van der Waals surface area contributed by atoms with E-state index in [0.29, 0.717) is 23.4 Å². The molecule has 4 heteroatoms. The van der Waals surface area contributed by atoms with Gasteiger partial charge < -0.3 is 10.0 Å². The number of Topliss-reactive ketones (excluding diaryl/α,β-unsaturated/α-hetero) is 1. The Bertz CT molecular complexity index is 1220. The molecule has 4 rings (SSSR count). The Balaban J connectivity index is 1.65. The van der Waals surface area contributed by atoms with Crippen molar-refractivity contribution in [1.82, 2.24) is 0 Å². The molecule has 170 valence electrons. The van der Waals surface area contributed by atoms with Crippen LogP contribution in [0.4, 0.5) is 5.69 Å². The highest BCUT2D eigenvalue weighted by molar-refractivity contribution is 6.10. The Morgan fingerprint density at radius 3 is 2.30 bits per heavy atom. The molecule has 1 N–H and O–H groups in total. The molecule has 0 saturated heterocycles. The summed E-state index contributed by atoms with van der Waals surface area (Å²) < 4.78 is 0. The number of carbonyl (C=O) groups excluding carboxylic acids is 2. The summed E-state index contributed by atoms with van der Waals surface area (Å²) in [7, 11) is 0. The SMILES string of the molecule is Cc1ccc(C)c(CN2C(=O)C(O)(CC(=O)c3ccc(C(C)(C)C)cc3)c3ccccc32)c1. The van der Waals surface area contributed by atoms with Crippen molar-refractivity contribution < 1.29 is 14.7 Å². The number of aryl methyl sites for hydroxylation is 2. The van der Waals surface area contributed by atoms with E-state index in [1.165, 1.54) is 0 Å². The van der Waals surface area contributed by atoms with Gasteiger partial charge in [-0.15, -0.1) is 0 Å². The lowest BCUT2D eigenvalue weighted by atomic mass is 9.85. The quantitative estimate of drug-likeness (QED) is 0.524. The molecule has 0 aromatic heterocycles. The van der Waals surface area contributed by atoms with Gasteiger partial charge in [-0.3, -0.25) is 9.59 Å². The highest BCUT2D eigenvalue weighted by Gasteiger charge is 2.50. The van der Waals surface area contributed by atoms with Crippen molar-refractivity contribution in [3.8, 4) is 0 Å². The maximum Gasteiger partial charge on any atom is 0.264 e. The van der Waals surface area contributed by atoms with Crippen LogP contribution in [0.25, 0.3) is 0 Å². The van der Waals surface area contributed by atoms with Crippen LogP contribution in [0.2, 0.25) is 0 Å². The minimum Gasteiger partial charge on any atom is -0.375 e. The van der Waals surface area contributed by atoms with Gasteiger partial charge in [-0.1, -0.05) is 87.0 Å². The first-order chi connectivity index (χ1) is 15.5. The third-order valence-corrected chi connectivity index (χ3v) is 6.56. The molecular weight excluding hydrogens is 410 g/mol. The first-order valence-corrected chi connectivity index (χ1v) is 11.3. The first-order valence-electron chi connectivity index (χ1n) is 11.3. The van der Waals surface area contributed by atoms with Gasteiger partial charge in [-0.25, -0.2) is 0 Å². The molecule has 1 atom stereocenters. The van der Waals surface area contributed by atoms with Gasteiger partial charge in [0.25, 0.3) is 5.91 Å². The maximum atomic E-state index is 13.6. The van der Waals surface area contributed by atoms with Gasteiger partial charge in [-0.05, 0) is 42.0 Å². The van der Waals surface area contributed by atoms with Gasteiger partial charge >= 0.3 is 0 Å². The predicted molar refractivity (Wildman–Crippen MR) is 132 cm³/mol. The molecule has 1 heterocycles. The summed E-state index contributed by atoms with van der Waals surface area (Å²) in [5.74, 6) is -0.709. The zero-order valence-electron chi connectivity index (χ0n) is 20.0. The van der Waals surface area contributed by atoms with E-state index in [0.717, 1.165) is 22.3 Å². The zero-order valence-corrected chi connectivity index (χ0v) is 20.0. The molecule has 1 unspecified atom stereocenters. The number of ketones is 1. The lowest BCUT2D eigenvalue weighted by Gasteiger charge is -2.24. The molecule has 3 aromatic rings. The minimum atomic E-state index is -1.88. The summed E-state index contributed by atoms with van der Waals surface area (Å²) in [6.07, 6.45) is -0.291. The van der Waals surface area contributed by atoms with Crippen molar-refractivity contribution in [3.63, 3.8) is 0 Å². The van der Waals surface area contributed by atoms with Crippen LogP contribution < -0.4 is 4.90 Å². The molecule has 1 amide bonds. The van der Waals surface area contributed by atoms with Gasteiger partial charge in [0.05, 0.1) is 18.7 Å². The van der Waals surface area contributed by atoms with E-state index in [4.69, 9.17) is 0 Å². The van der Waals surface area contributed by atoms with Crippen LogP contribution in [-0.2, 0) is 22.4 Å². The van der Waals surface area contributed by atoms with Crippen LogP contribution in [0.15, 0.2) is 66.7 Å². The molecule has 0 radical (unpaired) electrons. The van der Waals surface area contributed by atoms with Crippen molar-refractivity contribution in [2.24, 2.45) is 0 Å². The lowest BCUT2D eigenvalue weighted by molar-refractivity contribution is -0.136. The number of benzene rings is 3. The fraction of sp³-hybridized carbons (Fsp3) is 0.310. The van der Waals surface area contributed by atoms with Crippen LogP contribution in [0.5, 0.6) is 0 Å². The molecule has 0 aliphatic carbocycles. The van der Waals surface area contributed by atoms with Gasteiger partial charge in [0.1, 0.15) is 0 Å². The number of hydrogen-bond donors (Lipinski definition) is 1.